The predicted octanol–water partition coefficient (Wildman–Crippen LogP) is 15.4. The van der Waals surface area contributed by atoms with Crippen LogP contribution in [0.1, 0.15) is 144 Å². The van der Waals surface area contributed by atoms with E-state index in [-0.39, 0.29) is 43.5 Å². The summed E-state index contributed by atoms with van der Waals surface area (Å²) in [6.07, 6.45) is 9.66. The van der Waals surface area contributed by atoms with E-state index in [1.165, 1.54) is 12.1 Å². The van der Waals surface area contributed by atoms with Crippen LogP contribution in [0.2, 0.25) is 15.1 Å². The van der Waals surface area contributed by atoms with Gasteiger partial charge in [-0.05, 0) is 186 Å². The van der Waals surface area contributed by atoms with Crippen LogP contribution >= 0.6 is 34.8 Å². The molecule has 3 saturated heterocycles. The maximum absolute atomic E-state index is 13.8. The maximum Gasteiger partial charge on any atom is 0.268 e. The summed E-state index contributed by atoms with van der Waals surface area (Å²) in [7, 11) is 0.0271. The summed E-state index contributed by atoms with van der Waals surface area (Å²) in [6.45, 7) is 13.3. The number of likely N-dealkylation sites (tertiary alicyclic amines) is 3. The van der Waals surface area contributed by atoms with Crippen LogP contribution in [0.3, 0.4) is 0 Å². The molecule has 105 heavy (non-hydrogen) atoms. The first-order valence-electron chi connectivity index (χ1n) is 35.6. The molecule has 10 aromatic rings. The Kier molecular flexibility index (Phi) is 18.9. The van der Waals surface area contributed by atoms with Crippen molar-refractivity contribution in [2.45, 2.75) is 120 Å². The number of hydrogen-bond donors (Lipinski definition) is 2. The summed E-state index contributed by atoms with van der Waals surface area (Å²) in [5.41, 5.74) is 11.5. The van der Waals surface area contributed by atoms with Gasteiger partial charge in [0.1, 0.15) is 34.3 Å². The van der Waals surface area contributed by atoms with Gasteiger partial charge >= 0.3 is 0 Å². The van der Waals surface area contributed by atoms with Crippen LogP contribution < -0.4 is 29.0 Å². The third-order valence-corrected chi connectivity index (χ3v) is 23.5. The lowest BCUT2D eigenvalue weighted by Gasteiger charge is -2.45. The van der Waals surface area contributed by atoms with E-state index in [2.05, 4.69) is 48.7 Å². The molecule has 7 aliphatic rings. The number of carbonyl (C=O) groups is 4. The van der Waals surface area contributed by atoms with Crippen molar-refractivity contribution >= 4 is 68.5 Å². The van der Waals surface area contributed by atoms with E-state index in [0.29, 0.717) is 121 Å². The third-order valence-electron chi connectivity index (χ3n) is 21.2. The van der Waals surface area contributed by atoms with Gasteiger partial charge in [0.05, 0.1) is 56.9 Å². The normalized spacial score (nSPS) is 16.8. The highest BCUT2D eigenvalue weighted by molar-refractivity contribution is 7.89. The fourth-order valence-electron chi connectivity index (χ4n) is 15.7. The number of amides is 4. The SMILES string of the molecule is CNC(=O)c1ccc2n1-c1ccc(Cl)cc1OC21CCN(C(=O)c2ccc(OC(C)C)c(C)c2)CC1.Cc1ccc(C)n1-c1cc(Cl)ccc1C(=O)N1CCC2(CC1)Oc1cc(Cl)ccc1-n1cccc12.Cn1ncc2c1-c1ccccc1OC21CCN(C(=O)c2ccc(S(=O)(=O)NC3CC3)cc2)CC1.[HH].[HH]. The molecule has 24 heteroatoms. The van der Waals surface area contributed by atoms with Crippen LogP contribution in [-0.4, -0.2) is 129 Å². The van der Waals surface area contributed by atoms with Gasteiger partial charge in [-0.3, -0.25) is 23.9 Å². The van der Waals surface area contributed by atoms with Crippen molar-refractivity contribution in [3.8, 4) is 51.3 Å². The van der Waals surface area contributed by atoms with Gasteiger partial charge in [-0.25, -0.2) is 13.1 Å². The van der Waals surface area contributed by atoms with Gasteiger partial charge in [-0.1, -0.05) is 46.9 Å². The zero-order chi connectivity index (χ0) is 73.4. The summed E-state index contributed by atoms with van der Waals surface area (Å²) in [5, 5.41) is 9.04. The Morgan fingerprint density at radius 2 is 1.14 bits per heavy atom. The minimum Gasteiger partial charge on any atom is -0.491 e. The van der Waals surface area contributed by atoms with Crippen LogP contribution in [0.4, 0.5) is 0 Å². The molecule has 0 radical (unpaired) electrons. The number of nitrogens with zero attached hydrogens (tertiary/aromatic N) is 8. The largest absolute Gasteiger partial charge is 0.491 e. The van der Waals surface area contributed by atoms with Gasteiger partial charge < -0.3 is 52.7 Å². The Morgan fingerprint density at radius 3 is 1.77 bits per heavy atom. The van der Waals surface area contributed by atoms with Crippen molar-refractivity contribution in [1.29, 1.82) is 0 Å². The molecule has 4 amide bonds. The molecule has 2 N–H and O–H groups in total. The summed E-state index contributed by atoms with van der Waals surface area (Å²) < 4.78 is 61.2. The van der Waals surface area contributed by atoms with Crippen molar-refractivity contribution in [2.75, 3.05) is 46.3 Å². The maximum atomic E-state index is 13.8. The van der Waals surface area contributed by atoms with Gasteiger partial charge in [0, 0.05) is 168 Å². The van der Waals surface area contributed by atoms with Crippen molar-refractivity contribution in [1.82, 2.24) is 48.2 Å². The number of benzene rings is 6. The van der Waals surface area contributed by atoms with Gasteiger partial charge in [0.15, 0.2) is 11.2 Å². The molecule has 10 heterocycles. The third kappa shape index (κ3) is 13.3. The number of aromatic nitrogens is 5. The lowest BCUT2D eigenvalue weighted by molar-refractivity contribution is -0.00985. The van der Waals surface area contributed by atoms with Crippen LogP contribution in [0.25, 0.3) is 28.3 Å². The van der Waals surface area contributed by atoms with E-state index in [1.807, 2.05) is 169 Å². The van der Waals surface area contributed by atoms with Crippen molar-refractivity contribution in [2.24, 2.45) is 7.05 Å². The summed E-state index contributed by atoms with van der Waals surface area (Å²) in [5.74, 6) is 2.77. The first kappa shape index (κ1) is 70.9. The van der Waals surface area contributed by atoms with Crippen molar-refractivity contribution in [3.63, 3.8) is 0 Å². The van der Waals surface area contributed by atoms with Crippen LogP contribution in [0.5, 0.6) is 23.0 Å². The predicted molar refractivity (Wildman–Crippen MR) is 407 cm³/mol. The Morgan fingerprint density at radius 1 is 0.581 bits per heavy atom. The van der Waals surface area contributed by atoms with E-state index in [9.17, 15) is 27.6 Å². The number of rotatable bonds is 10. The molecule has 4 fully saturated rings. The second kappa shape index (κ2) is 27.9. The van der Waals surface area contributed by atoms with E-state index < -0.39 is 26.8 Å². The quantitative estimate of drug-likeness (QED) is 0.132. The second-order valence-electron chi connectivity index (χ2n) is 28.4. The van der Waals surface area contributed by atoms with E-state index >= 15 is 0 Å². The minimum atomic E-state index is -3.53. The molecule has 20 nitrogen and oxygen atoms in total. The molecular formula is C81H85Cl3N10O10S. The lowest BCUT2D eigenvalue weighted by Crippen LogP contribution is -2.50. The first-order valence-corrected chi connectivity index (χ1v) is 38.2. The average Bonchev–Trinajstić information content (AvgIpc) is 1.65. The summed E-state index contributed by atoms with van der Waals surface area (Å²) >= 11 is 18.9. The molecular weight excluding hydrogens is 1410 g/mol. The van der Waals surface area contributed by atoms with Gasteiger partial charge in [-0.2, -0.15) is 5.10 Å². The summed E-state index contributed by atoms with van der Waals surface area (Å²) in [4.78, 5) is 58.7. The fourth-order valence-corrected chi connectivity index (χ4v) is 17.5. The minimum absolute atomic E-state index is 0. The molecule has 0 bridgehead atoms. The Labute approximate surface area is 628 Å². The molecule has 546 valence electrons. The number of nitrogens with one attached hydrogen (secondary N) is 2. The number of para-hydroxylation sites is 1. The van der Waals surface area contributed by atoms with Crippen molar-refractivity contribution in [3.05, 3.63) is 241 Å². The number of sulfonamides is 1. The number of piperidine rings is 3. The topological polar surface area (TPSA) is 206 Å². The van der Waals surface area contributed by atoms with Gasteiger partial charge in [0.2, 0.25) is 10.0 Å². The highest BCUT2D eigenvalue weighted by Gasteiger charge is 2.49. The molecule has 0 atom stereocenters. The number of aryl methyl sites for hydroxylation is 4. The molecule has 17 rings (SSSR count). The number of halogens is 3. The number of hydrogen-bond acceptors (Lipinski definition) is 11. The van der Waals surface area contributed by atoms with Crippen molar-refractivity contribution < 1.29 is 49.4 Å². The average molecular weight is 1500 g/mol. The van der Waals surface area contributed by atoms with Gasteiger partial charge in [-0.15, -0.1) is 0 Å². The number of carbonyl (C=O) groups excluding carboxylic acids is 4. The van der Waals surface area contributed by atoms with E-state index in [0.717, 1.165) is 92.3 Å². The molecule has 1 saturated carbocycles. The Bertz CT molecular complexity index is 5180. The monoisotopic (exact) mass is 1490 g/mol. The highest BCUT2D eigenvalue weighted by Crippen LogP contribution is 2.51. The van der Waals surface area contributed by atoms with E-state index in [4.69, 9.17) is 53.8 Å². The van der Waals surface area contributed by atoms with Crippen LogP contribution in [0, 0.1) is 20.8 Å². The first-order chi connectivity index (χ1) is 50.4. The highest BCUT2D eigenvalue weighted by atomic mass is 35.5. The molecule has 0 unspecified atom stereocenters. The summed E-state index contributed by atoms with van der Waals surface area (Å²) in [6, 6.07) is 48.6. The number of ether oxygens (including phenoxy) is 4. The second-order valence-corrected chi connectivity index (χ2v) is 31.4. The standard InChI is InChI=1S/C28H25Cl2N3O2.C28H30ClN3O4.C25H26N4O4S.2H2/c1-18-5-6-19(2)33(18)24-16-20(29)7-9-22(24)27(34)31-14-11-28(12-15-31)26-4-3-13-32(26)23-10-8-21(30)17-25(23)35-28;1-17(2)35-23-9-5-19(15-18(23)3)27(34)31-13-11-28(12-14-31)25-10-8-22(26(33)30-4)32(25)21-7-6-20(29)16-24(21)36-28;1-28-23-20-4-2-3-5-22(20)33-25(21(23)16-26-28)12-14-29(15-13-25)24(30)17-6-10-19(11-7-17)34(31,32)27-18-8-9-18;;/h3-10,13,16-17H,11-12,14-15H2,1-2H3;5-10,15-17H,11-14H2,1-4H3,(H,30,33);2-7,10-11,16,18,27H,8-9,12-15H2,1H3;2*1H. The molecule has 6 aliphatic heterocycles. The van der Waals surface area contributed by atoms with Gasteiger partial charge in [0.25, 0.3) is 23.6 Å². The smallest absolute Gasteiger partial charge is 0.268 e. The van der Waals surface area contributed by atoms with Crippen LogP contribution in [-0.2, 0) is 33.9 Å². The fraction of sp³-hybridized carbons (Fsp3) is 0.321. The Balaban J connectivity index is 0.000000141. The zero-order valence-electron chi connectivity index (χ0n) is 59.4. The Hall–Kier alpha value is -9.77. The molecule has 6 aromatic carbocycles. The number of fused-ring (bicyclic) bond motifs is 12. The molecule has 3 spiro atoms. The lowest BCUT2D eigenvalue weighted by atomic mass is 9.81. The molecule has 1 aliphatic carbocycles. The van der Waals surface area contributed by atoms with Crippen LogP contribution in [0.15, 0.2) is 175 Å². The van der Waals surface area contributed by atoms with E-state index in [1.54, 1.807) is 37.4 Å². The zero-order valence-corrected chi connectivity index (χ0v) is 62.5. The molecule has 4 aromatic heterocycles.